The molecule has 0 unspecified atom stereocenters. The van der Waals surface area contributed by atoms with Crippen molar-refractivity contribution in [2.24, 2.45) is 5.92 Å². The summed E-state index contributed by atoms with van der Waals surface area (Å²) in [6.07, 6.45) is 0.138. The van der Waals surface area contributed by atoms with Gasteiger partial charge in [0.1, 0.15) is 11.9 Å². The van der Waals surface area contributed by atoms with Gasteiger partial charge < -0.3 is 10.1 Å². The van der Waals surface area contributed by atoms with Gasteiger partial charge in [-0.25, -0.2) is 9.18 Å². The molecule has 5 nitrogen and oxygen atoms in total. The zero-order valence-corrected chi connectivity index (χ0v) is 15.3. The van der Waals surface area contributed by atoms with E-state index in [1.165, 1.54) is 18.2 Å². The quantitative estimate of drug-likeness (QED) is 0.572. The third kappa shape index (κ3) is 6.33. The molecule has 0 aliphatic carbocycles. The van der Waals surface area contributed by atoms with E-state index in [-0.39, 0.29) is 23.8 Å². The number of amides is 1. The normalized spacial score (nSPS) is 11.7. The Labute approximate surface area is 157 Å². The highest BCUT2D eigenvalue weighted by atomic mass is 19.1. The SMILES string of the molecule is CC(C)[C@H](NC(=O)Cc1ccccc1)C(=O)OCC(=O)c1cccc(F)c1. The highest BCUT2D eigenvalue weighted by Gasteiger charge is 2.26. The van der Waals surface area contributed by atoms with E-state index in [9.17, 15) is 18.8 Å². The predicted molar refractivity (Wildman–Crippen MR) is 98.6 cm³/mol. The fourth-order valence-electron chi connectivity index (χ4n) is 2.48. The smallest absolute Gasteiger partial charge is 0.329 e. The number of hydrogen-bond acceptors (Lipinski definition) is 4. The maximum absolute atomic E-state index is 13.2. The summed E-state index contributed by atoms with van der Waals surface area (Å²) >= 11 is 0. The molecule has 1 amide bonds. The summed E-state index contributed by atoms with van der Waals surface area (Å²) in [5.74, 6) is -2.28. The second kappa shape index (κ2) is 9.62. The van der Waals surface area contributed by atoms with Crippen LogP contribution in [-0.4, -0.2) is 30.3 Å². The van der Waals surface area contributed by atoms with E-state index < -0.39 is 30.2 Å². The first-order valence-corrected chi connectivity index (χ1v) is 8.65. The lowest BCUT2D eigenvalue weighted by Gasteiger charge is -2.20. The van der Waals surface area contributed by atoms with Crippen LogP contribution in [-0.2, 0) is 20.7 Å². The van der Waals surface area contributed by atoms with E-state index >= 15 is 0 Å². The molecule has 0 spiro atoms. The molecule has 2 aromatic rings. The zero-order chi connectivity index (χ0) is 19.8. The van der Waals surface area contributed by atoms with Gasteiger partial charge in [-0.3, -0.25) is 9.59 Å². The lowest BCUT2D eigenvalue weighted by atomic mass is 10.0. The number of carbonyl (C=O) groups is 3. The first-order valence-electron chi connectivity index (χ1n) is 8.65. The van der Waals surface area contributed by atoms with Crippen molar-refractivity contribution in [2.45, 2.75) is 26.3 Å². The maximum Gasteiger partial charge on any atom is 0.329 e. The monoisotopic (exact) mass is 371 g/mol. The molecule has 0 saturated heterocycles. The molecule has 1 atom stereocenters. The van der Waals surface area contributed by atoms with Gasteiger partial charge in [0.25, 0.3) is 0 Å². The molecular weight excluding hydrogens is 349 g/mol. The van der Waals surface area contributed by atoms with Crippen molar-refractivity contribution in [1.82, 2.24) is 5.32 Å². The number of Topliss-reactive ketones (excluding diaryl/α,β-unsaturated/α-hetero) is 1. The molecule has 0 aliphatic heterocycles. The summed E-state index contributed by atoms with van der Waals surface area (Å²) < 4.78 is 18.2. The molecule has 1 N–H and O–H groups in total. The van der Waals surface area contributed by atoms with Gasteiger partial charge in [-0.1, -0.05) is 56.3 Å². The van der Waals surface area contributed by atoms with Gasteiger partial charge in [0, 0.05) is 5.56 Å². The van der Waals surface area contributed by atoms with Crippen LogP contribution in [0.25, 0.3) is 0 Å². The third-order valence-corrected chi connectivity index (χ3v) is 3.94. The van der Waals surface area contributed by atoms with Crippen LogP contribution in [0, 0.1) is 11.7 Å². The molecule has 142 valence electrons. The second-order valence-corrected chi connectivity index (χ2v) is 6.49. The van der Waals surface area contributed by atoms with Crippen LogP contribution < -0.4 is 5.32 Å². The number of halogens is 1. The number of benzene rings is 2. The first kappa shape index (κ1) is 20.3. The van der Waals surface area contributed by atoms with Gasteiger partial charge in [0.15, 0.2) is 12.4 Å². The molecule has 0 aliphatic rings. The Morgan fingerprint density at radius 3 is 2.37 bits per heavy atom. The van der Waals surface area contributed by atoms with Crippen molar-refractivity contribution in [3.05, 3.63) is 71.5 Å². The maximum atomic E-state index is 13.2. The molecule has 0 bridgehead atoms. The standard InChI is InChI=1S/C21H22FNO4/c1-14(2)20(23-19(25)11-15-7-4-3-5-8-15)21(26)27-13-18(24)16-9-6-10-17(22)12-16/h3-10,12,14,20H,11,13H2,1-2H3,(H,23,25)/t20-/m0/s1. The van der Waals surface area contributed by atoms with Crippen LogP contribution >= 0.6 is 0 Å². The number of ether oxygens (including phenoxy) is 1. The fraction of sp³-hybridized carbons (Fsp3) is 0.286. The Kier molecular flexibility index (Phi) is 7.23. The lowest BCUT2D eigenvalue weighted by molar-refractivity contribution is -0.148. The molecule has 0 heterocycles. The average molecular weight is 371 g/mol. The molecule has 0 fully saturated rings. The molecule has 2 aromatic carbocycles. The summed E-state index contributed by atoms with van der Waals surface area (Å²) in [6.45, 7) is 3.02. The summed E-state index contributed by atoms with van der Waals surface area (Å²) in [5, 5.41) is 2.65. The highest BCUT2D eigenvalue weighted by Crippen LogP contribution is 2.08. The van der Waals surface area contributed by atoms with Crippen LogP contribution in [0.15, 0.2) is 54.6 Å². The van der Waals surface area contributed by atoms with Crippen molar-refractivity contribution in [3.8, 4) is 0 Å². The number of nitrogens with one attached hydrogen (secondary N) is 1. The molecule has 6 heteroatoms. The number of hydrogen-bond donors (Lipinski definition) is 1. The van der Waals surface area contributed by atoms with Gasteiger partial charge in [-0.2, -0.15) is 0 Å². The minimum Gasteiger partial charge on any atom is -0.456 e. The van der Waals surface area contributed by atoms with Crippen LogP contribution in [0.3, 0.4) is 0 Å². The molecule has 0 radical (unpaired) electrons. The Morgan fingerprint density at radius 2 is 1.74 bits per heavy atom. The van der Waals surface area contributed by atoms with Crippen molar-refractivity contribution in [2.75, 3.05) is 6.61 Å². The lowest BCUT2D eigenvalue weighted by Crippen LogP contribution is -2.46. The van der Waals surface area contributed by atoms with E-state index in [0.717, 1.165) is 11.6 Å². The zero-order valence-electron chi connectivity index (χ0n) is 15.3. The summed E-state index contributed by atoms with van der Waals surface area (Å²) in [6, 6.07) is 13.4. The Bertz CT molecular complexity index is 805. The Morgan fingerprint density at radius 1 is 1.04 bits per heavy atom. The Hall–Kier alpha value is -3.02. The fourth-order valence-corrected chi connectivity index (χ4v) is 2.48. The number of ketones is 1. The van der Waals surface area contributed by atoms with Crippen LogP contribution in [0.5, 0.6) is 0 Å². The molecule has 27 heavy (non-hydrogen) atoms. The first-order chi connectivity index (χ1) is 12.9. The van der Waals surface area contributed by atoms with Gasteiger partial charge in [-0.05, 0) is 23.6 Å². The van der Waals surface area contributed by atoms with E-state index in [4.69, 9.17) is 4.74 Å². The summed E-state index contributed by atoms with van der Waals surface area (Å²) in [5.41, 5.74) is 0.948. The summed E-state index contributed by atoms with van der Waals surface area (Å²) in [4.78, 5) is 36.5. The molecule has 0 saturated carbocycles. The van der Waals surface area contributed by atoms with Crippen LogP contribution in [0.4, 0.5) is 4.39 Å². The van der Waals surface area contributed by atoms with E-state index in [2.05, 4.69) is 5.32 Å². The second-order valence-electron chi connectivity index (χ2n) is 6.49. The van der Waals surface area contributed by atoms with Crippen molar-refractivity contribution in [3.63, 3.8) is 0 Å². The average Bonchev–Trinajstić information content (AvgIpc) is 2.64. The van der Waals surface area contributed by atoms with Crippen molar-refractivity contribution < 1.29 is 23.5 Å². The van der Waals surface area contributed by atoms with E-state index in [0.29, 0.717) is 0 Å². The minimum absolute atomic E-state index is 0.122. The molecular formula is C21H22FNO4. The van der Waals surface area contributed by atoms with Gasteiger partial charge in [0.05, 0.1) is 6.42 Å². The van der Waals surface area contributed by atoms with Crippen molar-refractivity contribution >= 4 is 17.7 Å². The Balaban J connectivity index is 1.92. The van der Waals surface area contributed by atoms with Crippen molar-refractivity contribution in [1.29, 1.82) is 0 Å². The highest BCUT2D eigenvalue weighted by molar-refractivity contribution is 5.98. The van der Waals surface area contributed by atoms with Crippen LogP contribution in [0.2, 0.25) is 0 Å². The molecule has 2 rings (SSSR count). The number of carbonyl (C=O) groups excluding carboxylic acids is 3. The largest absolute Gasteiger partial charge is 0.456 e. The van der Waals surface area contributed by atoms with Gasteiger partial charge in [-0.15, -0.1) is 0 Å². The van der Waals surface area contributed by atoms with E-state index in [1.54, 1.807) is 13.8 Å². The number of rotatable bonds is 8. The summed E-state index contributed by atoms with van der Waals surface area (Å²) in [7, 11) is 0. The predicted octanol–water partition coefficient (Wildman–Crippen LogP) is 2.94. The van der Waals surface area contributed by atoms with E-state index in [1.807, 2.05) is 30.3 Å². The van der Waals surface area contributed by atoms with Gasteiger partial charge in [0.2, 0.25) is 5.91 Å². The minimum atomic E-state index is -0.874. The number of esters is 1. The third-order valence-electron chi connectivity index (χ3n) is 3.94. The molecule has 0 aromatic heterocycles. The topological polar surface area (TPSA) is 72.5 Å². The van der Waals surface area contributed by atoms with Crippen LogP contribution in [0.1, 0.15) is 29.8 Å². The van der Waals surface area contributed by atoms with Gasteiger partial charge >= 0.3 is 5.97 Å².